The molecule has 0 saturated carbocycles. The second-order valence-corrected chi connectivity index (χ2v) is 10.4. The molecule has 160 valence electrons. The topological polar surface area (TPSA) is 79.0 Å². The Bertz CT molecular complexity index is 1030. The van der Waals surface area contributed by atoms with Crippen LogP contribution in [-0.4, -0.2) is 57.7 Å². The van der Waals surface area contributed by atoms with Gasteiger partial charge in [-0.2, -0.15) is 4.31 Å². The highest BCUT2D eigenvalue weighted by Gasteiger charge is 2.30. The highest BCUT2D eigenvalue weighted by atomic mass is 32.2. The molecule has 1 amide bonds. The van der Waals surface area contributed by atoms with Gasteiger partial charge in [0, 0.05) is 48.4 Å². The fraction of sp³-hybridized carbons (Fsp3) is 0.381. The van der Waals surface area contributed by atoms with Gasteiger partial charge >= 0.3 is 0 Å². The van der Waals surface area contributed by atoms with Crippen molar-refractivity contribution >= 4 is 39.1 Å². The molecule has 2 heterocycles. The molecule has 1 fully saturated rings. The molecule has 0 aliphatic carbocycles. The third kappa shape index (κ3) is 4.14. The van der Waals surface area contributed by atoms with Crippen molar-refractivity contribution < 1.29 is 17.9 Å². The zero-order valence-corrected chi connectivity index (χ0v) is 18.6. The van der Waals surface area contributed by atoms with Gasteiger partial charge in [-0.15, -0.1) is 11.8 Å². The van der Waals surface area contributed by atoms with Gasteiger partial charge in [-0.3, -0.25) is 4.79 Å². The van der Waals surface area contributed by atoms with E-state index in [1.54, 1.807) is 37.1 Å². The quantitative estimate of drug-likeness (QED) is 0.777. The Kier molecular flexibility index (Phi) is 5.95. The SMILES string of the molecule is COc1ccc(N2CCN(S(=O)(=O)c3ccc4c(c3)NC(=O)C(C)CS4)CC2)cc1. The van der Waals surface area contributed by atoms with Crippen LogP contribution in [0.2, 0.25) is 0 Å². The first-order valence-corrected chi connectivity index (χ1v) is 12.3. The van der Waals surface area contributed by atoms with Crippen LogP contribution in [-0.2, 0) is 14.8 Å². The number of hydrogen-bond acceptors (Lipinski definition) is 6. The lowest BCUT2D eigenvalue weighted by Gasteiger charge is -2.35. The maximum absolute atomic E-state index is 13.2. The first-order valence-electron chi connectivity index (χ1n) is 9.85. The van der Waals surface area contributed by atoms with Crippen molar-refractivity contribution in [1.82, 2.24) is 4.31 Å². The number of piperazine rings is 1. The highest BCUT2D eigenvalue weighted by molar-refractivity contribution is 7.99. The Morgan fingerprint density at radius 3 is 2.43 bits per heavy atom. The average Bonchev–Trinajstić information content (AvgIpc) is 2.91. The van der Waals surface area contributed by atoms with Crippen LogP contribution in [0.1, 0.15) is 6.92 Å². The van der Waals surface area contributed by atoms with E-state index in [1.165, 1.54) is 4.31 Å². The molecule has 9 heteroatoms. The van der Waals surface area contributed by atoms with Crippen LogP contribution in [0, 0.1) is 5.92 Å². The van der Waals surface area contributed by atoms with E-state index in [9.17, 15) is 13.2 Å². The van der Waals surface area contributed by atoms with Crippen LogP contribution in [0.3, 0.4) is 0 Å². The van der Waals surface area contributed by atoms with Crippen molar-refractivity contribution in [3.8, 4) is 5.75 Å². The number of nitrogens with zero attached hydrogens (tertiary/aromatic N) is 2. The van der Waals surface area contributed by atoms with E-state index in [-0.39, 0.29) is 16.7 Å². The van der Waals surface area contributed by atoms with Gasteiger partial charge in [0.25, 0.3) is 0 Å². The summed E-state index contributed by atoms with van der Waals surface area (Å²) in [5.41, 5.74) is 1.62. The molecule has 0 spiro atoms. The predicted octanol–water partition coefficient (Wildman–Crippen LogP) is 2.89. The molecular formula is C21H25N3O4S2. The van der Waals surface area contributed by atoms with Crippen LogP contribution in [0.15, 0.2) is 52.3 Å². The molecule has 0 bridgehead atoms. The maximum atomic E-state index is 13.2. The molecule has 1 unspecified atom stereocenters. The Balaban J connectivity index is 1.48. The second-order valence-electron chi connectivity index (χ2n) is 7.45. The van der Waals surface area contributed by atoms with Crippen molar-refractivity contribution in [3.05, 3.63) is 42.5 Å². The van der Waals surface area contributed by atoms with Crippen molar-refractivity contribution in [2.75, 3.05) is 49.3 Å². The number of carbonyl (C=O) groups excluding carboxylic acids is 1. The normalized spacial score (nSPS) is 20.3. The minimum atomic E-state index is -3.63. The van der Waals surface area contributed by atoms with Gasteiger partial charge in [-0.1, -0.05) is 6.92 Å². The van der Waals surface area contributed by atoms with Crippen LogP contribution < -0.4 is 15.0 Å². The lowest BCUT2D eigenvalue weighted by molar-refractivity contribution is -0.118. The zero-order chi connectivity index (χ0) is 21.3. The lowest BCUT2D eigenvalue weighted by atomic mass is 10.2. The van der Waals surface area contributed by atoms with Gasteiger partial charge < -0.3 is 15.0 Å². The first kappa shape index (κ1) is 21.0. The third-order valence-corrected chi connectivity index (χ3v) is 8.69. The number of nitrogens with one attached hydrogen (secondary N) is 1. The van der Waals surface area contributed by atoms with Crippen molar-refractivity contribution in [1.29, 1.82) is 0 Å². The molecule has 4 rings (SSSR count). The number of amides is 1. The molecular weight excluding hydrogens is 422 g/mol. The van der Waals surface area contributed by atoms with Gasteiger partial charge in [-0.25, -0.2) is 8.42 Å². The molecule has 2 aliphatic rings. The van der Waals surface area contributed by atoms with E-state index in [0.717, 1.165) is 16.3 Å². The number of thioether (sulfide) groups is 1. The largest absolute Gasteiger partial charge is 0.497 e. The number of methoxy groups -OCH3 is 1. The van der Waals surface area contributed by atoms with E-state index < -0.39 is 10.0 Å². The Hall–Kier alpha value is -2.23. The average molecular weight is 448 g/mol. The number of rotatable bonds is 4. The van der Waals surface area contributed by atoms with Gasteiger partial charge in [0.2, 0.25) is 15.9 Å². The Labute approximate surface area is 181 Å². The number of benzene rings is 2. The minimum absolute atomic E-state index is 0.0797. The number of ether oxygens (including phenoxy) is 1. The summed E-state index contributed by atoms with van der Waals surface area (Å²) >= 11 is 1.57. The summed E-state index contributed by atoms with van der Waals surface area (Å²) in [5, 5.41) is 2.86. The molecule has 0 aromatic heterocycles. The molecule has 2 aromatic rings. The van der Waals surface area contributed by atoms with Crippen molar-refractivity contribution in [2.24, 2.45) is 5.92 Å². The standard InChI is InChI=1S/C21H25N3O4S2/c1-15-14-29-20-8-7-18(13-19(20)22-21(15)25)30(26,27)24-11-9-23(10-12-24)16-3-5-17(28-2)6-4-16/h3-8,13,15H,9-12,14H2,1-2H3,(H,22,25). The summed E-state index contributed by atoms with van der Waals surface area (Å²) in [6, 6.07) is 12.8. The molecule has 1 atom stereocenters. The van der Waals surface area contributed by atoms with Crippen LogP contribution in [0.25, 0.3) is 0 Å². The van der Waals surface area contributed by atoms with Crippen LogP contribution >= 0.6 is 11.8 Å². The van der Waals surface area contributed by atoms with E-state index in [1.807, 2.05) is 31.2 Å². The fourth-order valence-corrected chi connectivity index (χ4v) is 6.03. The molecule has 7 nitrogen and oxygen atoms in total. The van der Waals surface area contributed by atoms with Gasteiger partial charge in [-0.05, 0) is 42.5 Å². The number of fused-ring (bicyclic) bond motifs is 1. The Morgan fingerprint density at radius 1 is 1.07 bits per heavy atom. The monoisotopic (exact) mass is 447 g/mol. The summed E-state index contributed by atoms with van der Waals surface area (Å²) < 4.78 is 33.1. The van der Waals surface area contributed by atoms with Gasteiger partial charge in [0.05, 0.1) is 17.7 Å². The number of sulfonamides is 1. The second kappa shape index (κ2) is 8.49. The highest BCUT2D eigenvalue weighted by Crippen LogP contribution is 2.35. The van der Waals surface area contributed by atoms with E-state index in [2.05, 4.69) is 10.2 Å². The Morgan fingerprint density at radius 2 is 1.77 bits per heavy atom. The summed E-state index contributed by atoms with van der Waals surface area (Å²) in [6.07, 6.45) is 0. The molecule has 30 heavy (non-hydrogen) atoms. The molecule has 2 aromatic carbocycles. The maximum Gasteiger partial charge on any atom is 0.243 e. The first-order chi connectivity index (χ1) is 14.4. The lowest BCUT2D eigenvalue weighted by Crippen LogP contribution is -2.48. The predicted molar refractivity (Wildman–Crippen MR) is 119 cm³/mol. The van der Waals surface area contributed by atoms with Crippen LogP contribution in [0.4, 0.5) is 11.4 Å². The van der Waals surface area contributed by atoms with Gasteiger partial charge in [0.15, 0.2) is 0 Å². The molecule has 1 saturated heterocycles. The van der Waals surface area contributed by atoms with Crippen molar-refractivity contribution in [3.63, 3.8) is 0 Å². The van der Waals surface area contributed by atoms with E-state index in [4.69, 9.17) is 4.74 Å². The smallest absolute Gasteiger partial charge is 0.243 e. The van der Waals surface area contributed by atoms with E-state index in [0.29, 0.717) is 37.6 Å². The zero-order valence-electron chi connectivity index (χ0n) is 17.0. The molecule has 0 radical (unpaired) electrons. The summed E-state index contributed by atoms with van der Waals surface area (Å²) in [5.74, 6) is 1.28. The molecule has 1 N–H and O–H groups in total. The van der Waals surface area contributed by atoms with E-state index >= 15 is 0 Å². The third-order valence-electron chi connectivity index (χ3n) is 5.46. The van der Waals surface area contributed by atoms with Crippen LogP contribution in [0.5, 0.6) is 5.75 Å². The fourth-order valence-electron chi connectivity index (χ4n) is 3.57. The summed E-state index contributed by atoms with van der Waals surface area (Å²) in [4.78, 5) is 15.4. The van der Waals surface area contributed by atoms with Gasteiger partial charge in [0.1, 0.15) is 5.75 Å². The summed E-state index contributed by atoms with van der Waals surface area (Å²) in [6.45, 7) is 3.91. The summed E-state index contributed by atoms with van der Waals surface area (Å²) in [7, 11) is -2.00. The molecule has 2 aliphatic heterocycles. The number of hydrogen-bond donors (Lipinski definition) is 1. The number of carbonyl (C=O) groups is 1. The van der Waals surface area contributed by atoms with Crippen molar-refractivity contribution in [2.45, 2.75) is 16.7 Å². The minimum Gasteiger partial charge on any atom is -0.497 e. The number of anilines is 2.